The van der Waals surface area contributed by atoms with Crippen molar-refractivity contribution in [1.29, 1.82) is 0 Å². The normalized spacial score (nSPS) is 14.8. The number of carbonyl (C=O) groups excluding carboxylic acids is 2. The molecule has 6 heteroatoms. The van der Waals surface area contributed by atoms with Crippen LogP contribution in [-0.2, 0) is 4.79 Å². The van der Waals surface area contributed by atoms with E-state index in [4.69, 9.17) is 0 Å². The smallest absolute Gasteiger partial charge is 0.275 e. The quantitative estimate of drug-likeness (QED) is 0.243. The van der Waals surface area contributed by atoms with E-state index in [0.29, 0.717) is 22.9 Å². The van der Waals surface area contributed by atoms with Crippen LogP contribution in [0.4, 0.5) is 10.1 Å². The fraction of sp³-hybridized carbons (Fsp3) is 0.314. The zero-order valence-corrected chi connectivity index (χ0v) is 24.0. The van der Waals surface area contributed by atoms with E-state index in [0.717, 1.165) is 11.3 Å². The number of hydrogen-bond acceptors (Lipinski definition) is 2. The lowest BCUT2D eigenvalue weighted by atomic mass is 9.84. The average molecular weight is 552 g/mol. The Hall–Kier alpha value is -4.19. The molecule has 1 fully saturated rings. The number of nitrogens with zero attached hydrogens (tertiary/aromatic N) is 1. The number of rotatable bonds is 7. The van der Waals surface area contributed by atoms with Crippen molar-refractivity contribution in [1.82, 2.24) is 10.3 Å². The second-order valence-electron chi connectivity index (χ2n) is 11.9. The predicted octanol–water partition coefficient (Wildman–Crippen LogP) is 8.17. The number of H-pyrrole nitrogens is 1. The van der Waals surface area contributed by atoms with E-state index in [2.05, 4.69) is 22.4 Å². The molecule has 1 heterocycles. The van der Waals surface area contributed by atoms with Gasteiger partial charge < -0.3 is 10.3 Å². The molecule has 0 aliphatic heterocycles. The number of benzene rings is 3. The number of aromatic amines is 1. The summed E-state index contributed by atoms with van der Waals surface area (Å²) in [5, 5.41) is 3.05. The standard InChI is InChI=1S/C35H38FN3O2/c1-35(2,3)38-33(40)32(27-14-18-28(36)19-15-27)39(29-20-16-25(17-21-29)24-10-6-4-7-11-24)34(41)31-23-22-30(37-31)26-12-8-5-9-13-26/h5,8-9,12-24,32,37H,4,6-7,10-11H2,1-3H3,(H,38,40)/t32-/m1/s1. The molecule has 1 aromatic heterocycles. The molecule has 2 amide bonds. The minimum atomic E-state index is -1.02. The summed E-state index contributed by atoms with van der Waals surface area (Å²) < 4.78 is 14.0. The van der Waals surface area contributed by atoms with Crippen molar-refractivity contribution < 1.29 is 14.0 Å². The number of halogens is 1. The Morgan fingerprint density at radius 3 is 2.15 bits per heavy atom. The number of carbonyl (C=O) groups is 2. The maximum atomic E-state index is 14.4. The van der Waals surface area contributed by atoms with E-state index >= 15 is 0 Å². The maximum absolute atomic E-state index is 14.4. The van der Waals surface area contributed by atoms with Gasteiger partial charge in [-0.3, -0.25) is 14.5 Å². The molecule has 5 nitrogen and oxygen atoms in total. The summed E-state index contributed by atoms with van der Waals surface area (Å²) in [6.07, 6.45) is 6.07. The highest BCUT2D eigenvalue weighted by Crippen LogP contribution is 2.36. The van der Waals surface area contributed by atoms with Crippen molar-refractivity contribution in [3.05, 3.63) is 114 Å². The van der Waals surface area contributed by atoms with Gasteiger partial charge in [-0.25, -0.2) is 4.39 Å². The van der Waals surface area contributed by atoms with E-state index in [1.54, 1.807) is 18.2 Å². The van der Waals surface area contributed by atoms with Gasteiger partial charge in [-0.05, 0) is 92.6 Å². The van der Waals surface area contributed by atoms with Gasteiger partial charge in [-0.1, -0.05) is 73.9 Å². The van der Waals surface area contributed by atoms with Crippen molar-refractivity contribution in [2.24, 2.45) is 0 Å². The molecule has 41 heavy (non-hydrogen) atoms. The van der Waals surface area contributed by atoms with Gasteiger partial charge in [0.1, 0.15) is 17.6 Å². The first-order chi connectivity index (χ1) is 19.7. The van der Waals surface area contributed by atoms with E-state index in [1.165, 1.54) is 54.7 Å². The summed E-state index contributed by atoms with van der Waals surface area (Å²) >= 11 is 0. The zero-order chi connectivity index (χ0) is 29.0. The van der Waals surface area contributed by atoms with Crippen molar-refractivity contribution in [3.63, 3.8) is 0 Å². The second-order valence-corrected chi connectivity index (χ2v) is 11.9. The van der Waals surface area contributed by atoms with Crippen molar-refractivity contribution in [2.45, 2.75) is 70.4 Å². The maximum Gasteiger partial charge on any atom is 0.275 e. The third-order valence-electron chi connectivity index (χ3n) is 7.66. The molecule has 212 valence electrons. The molecule has 0 radical (unpaired) electrons. The van der Waals surface area contributed by atoms with Crippen LogP contribution in [0.2, 0.25) is 0 Å². The number of aromatic nitrogens is 1. The summed E-state index contributed by atoms with van der Waals surface area (Å²) in [6, 6.07) is 26.2. The molecular formula is C35H38FN3O2. The van der Waals surface area contributed by atoms with Gasteiger partial charge in [-0.15, -0.1) is 0 Å². The Morgan fingerprint density at radius 1 is 0.854 bits per heavy atom. The Labute approximate surface area is 241 Å². The number of amides is 2. The summed E-state index contributed by atoms with van der Waals surface area (Å²) in [5.41, 5.74) is 3.95. The molecule has 0 spiro atoms. The van der Waals surface area contributed by atoms with Crippen LogP contribution in [-0.4, -0.2) is 22.3 Å². The summed E-state index contributed by atoms with van der Waals surface area (Å²) in [4.78, 5) is 33.1. The zero-order valence-electron chi connectivity index (χ0n) is 24.0. The van der Waals surface area contributed by atoms with Gasteiger partial charge >= 0.3 is 0 Å². The predicted molar refractivity (Wildman–Crippen MR) is 162 cm³/mol. The Balaban J connectivity index is 1.59. The van der Waals surface area contributed by atoms with Crippen molar-refractivity contribution in [2.75, 3.05) is 4.90 Å². The average Bonchev–Trinajstić information content (AvgIpc) is 3.47. The fourth-order valence-electron chi connectivity index (χ4n) is 5.66. The van der Waals surface area contributed by atoms with Crippen molar-refractivity contribution >= 4 is 17.5 Å². The largest absolute Gasteiger partial charge is 0.351 e. The highest BCUT2D eigenvalue weighted by molar-refractivity contribution is 6.09. The summed E-state index contributed by atoms with van der Waals surface area (Å²) in [6.45, 7) is 5.69. The molecule has 4 aromatic rings. The number of nitrogens with one attached hydrogen (secondary N) is 2. The Bertz CT molecular complexity index is 1460. The van der Waals surface area contributed by atoms with E-state index in [9.17, 15) is 14.0 Å². The molecule has 2 N–H and O–H groups in total. The van der Waals surface area contributed by atoms with Crippen LogP contribution in [0, 0.1) is 5.82 Å². The van der Waals surface area contributed by atoms with Crippen LogP contribution < -0.4 is 10.2 Å². The third kappa shape index (κ3) is 6.76. The molecule has 0 saturated heterocycles. The van der Waals surface area contributed by atoms with Crippen LogP contribution in [0.5, 0.6) is 0 Å². The van der Waals surface area contributed by atoms with Gasteiger partial charge in [-0.2, -0.15) is 0 Å². The minimum Gasteiger partial charge on any atom is -0.351 e. The van der Waals surface area contributed by atoms with E-state index in [1.807, 2.05) is 69.3 Å². The minimum absolute atomic E-state index is 0.344. The molecule has 0 bridgehead atoms. The van der Waals surface area contributed by atoms with E-state index < -0.39 is 17.4 Å². The molecule has 1 atom stereocenters. The topological polar surface area (TPSA) is 65.2 Å². The molecular weight excluding hydrogens is 513 g/mol. The first-order valence-corrected chi connectivity index (χ1v) is 14.4. The van der Waals surface area contributed by atoms with Crippen LogP contribution in [0.25, 0.3) is 11.3 Å². The van der Waals surface area contributed by atoms with E-state index in [-0.39, 0.29) is 11.8 Å². The molecule has 0 unspecified atom stereocenters. The molecule has 1 aliphatic carbocycles. The SMILES string of the molecule is CC(C)(C)NC(=O)[C@@H](c1ccc(F)cc1)N(C(=O)c1ccc(-c2ccccc2)[nH]1)c1ccc(C2CCCCC2)cc1. The van der Waals surface area contributed by atoms with Gasteiger partial charge in [0, 0.05) is 16.9 Å². The molecule has 1 saturated carbocycles. The van der Waals surface area contributed by atoms with Gasteiger partial charge in [0.15, 0.2) is 0 Å². The van der Waals surface area contributed by atoms with Crippen LogP contribution in [0.15, 0.2) is 91.0 Å². The van der Waals surface area contributed by atoms with Crippen LogP contribution in [0.1, 0.15) is 86.5 Å². The molecule has 3 aromatic carbocycles. The van der Waals surface area contributed by atoms with Crippen molar-refractivity contribution in [3.8, 4) is 11.3 Å². The van der Waals surface area contributed by atoms with Gasteiger partial charge in [0.2, 0.25) is 5.91 Å². The Kier molecular flexibility index (Phi) is 8.39. The summed E-state index contributed by atoms with van der Waals surface area (Å²) in [5.74, 6) is -0.592. The molecule has 5 rings (SSSR count). The second kappa shape index (κ2) is 12.1. The Morgan fingerprint density at radius 2 is 1.51 bits per heavy atom. The lowest BCUT2D eigenvalue weighted by molar-refractivity contribution is -0.123. The van der Waals surface area contributed by atoms with Crippen LogP contribution in [0.3, 0.4) is 0 Å². The third-order valence-corrected chi connectivity index (χ3v) is 7.66. The first-order valence-electron chi connectivity index (χ1n) is 14.4. The van der Waals surface area contributed by atoms with Crippen LogP contribution >= 0.6 is 0 Å². The first kappa shape index (κ1) is 28.3. The lowest BCUT2D eigenvalue weighted by Crippen LogP contribution is -2.49. The number of hydrogen-bond donors (Lipinski definition) is 2. The monoisotopic (exact) mass is 551 g/mol. The van der Waals surface area contributed by atoms with Gasteiger partial charge in [0.25, 0.3) is 5.91 Å². The molecule has 1 aliphatic rings. The lowest BCUT2D eigenvalue weighted by Gasteiger charge is -2.34. The van der Waals surface area contributed by atoms with Gasteiger partial charge in [0.05, 0.1) is 0 Å². The summed E-state index contributed by atoms with van der Waals surface area (Å²) in [7, 11) is 0. The number of anilines is 1. The fourth-order valence-corrected chi connectivity index (χ4v) is 5.66. The highest BCUT2D eigenvalue weighted by Gasteiger charge is 2.35. The highest BCUT2D eigenvalue weighted by atomic mass is 19.1.